The lowest BCUT2D eigenvalue weighted by molar-refractivity contribution is -0.140. The molecule has 1 heterocycles. The monoisotopic (exact) mass is 307 g/mol. The standard InChI is InChI=1S/C14H17F4NO2/c1-20-13(4-6-21-7-5-13)12(19)9-2-3-11(15)10(8-9)14(16,17)18/h2-3,8,12H,4-7,19H2,1H3. The minimum Gasteiger partial charge on any atom is -0.381 e. The fraction of sp³-hybridized carbons (Fsp3) is 0.571. The zero-order valence-electron chi connectivity index (χ0n) is 11.5. The van der Waals surface area contributed by atoms with Crippen LogP contribution in [-0.2, 0) is 15.7 Å². The Kier molecular flexibility index (Phi) is 4.55. The van der Waals surface area contributed by atoms with Crippen LogP contribution in [0.2, 0.25) is 0 Å². The summed E-state index contributed by atoms with van der Waals surface area (Å²) in [4.78, 5) is 0. The second-order valence-corrected chi connectivity index (χ2v) is 5.10. The smallest absolute Gasteiger partial charge is 0.381 e. The molecule has 118 valence electrons. The molecule has 0 amide bonds. The Morgan fingerprint density at radius 3 is 2.43 bits per heavy atom. The van der Waals surface area contributed by atoms with Crippen LogP contribution in [0.3, 0.4) is 0 Å². The largest absolute Gasteiger partial charge is 0.419 e. The molecule has 0 spiro atoms. The van der Waals surface area contributed by atoms with E-state index in [0.717, 1.165) is 12.1 Å². The Morgan fingerprint density at radius 1 is 1.29 bits per heavy atom. The maximum absolute atomic E-state index is 13.3. The Hall–Kier alpha value is -1.18. The van der Waals surface area contributed by atoms with Crippen molar-refractivity contribution in [1.29, 1.82) is 0 Å². The predicted octanol–water partition coefficient (Wildman–Crippen LogP) is 3.04. The van der Waals surface area contributed by atoms with Gasteiger partial charge in [-0.2, -0.15) is 13.2 Å². The van der Waals surface area contributed by atoms with E-state index >= 15 is 0 Å². The first-order valence-electron chi connectivity index (χ1n) is 6.55. The lowest BCUT2D eigenvalue weighted by Gasteiger charge is -2.40. The van der Waals surface area contributed by atoms with Crippen LogP contribution in [0.25, 0.3) is 0 Å². The van der Waals surface area contributed by atoms with Gasteiger partial charge in [-0.1, -0.05) is 6.07 Å². The number of hydrogen-bond acceptors (Lipinski definition) is 3. The van der Waals surface area contributed by atoms with Crippen molar-refractivity contribution >= 4 is 0 Å². The van der Waals surface area contributed by atoms with Gasteiger partial charge in [-0.25, -0.2) is 4.39 Å². The van der Waals surface area contributed by atoms with Gasteiger partial charge in [0.1, 0.15) is 5.82 Å². The van der Waals surface area contributed by atoms with Crippen LogP contribution in [0.4, 0.5) is 17.6 Å². The van der Waals surface area contributed by atoms with Gasteiger partial charge in [0.25, 0.3) is 0 Å². The maximum atomic E-state index is 13.3. The minimum atomic E-state index is -4.75. The van der Waals surface area contributed by atoms with Crippen molar-refractivity contribution in [3.05, 3.63) is 35.1 Å². The Balaban J connectivity index is 2.36. The molecule has 1 atom stereocenters. The first-order valence-corrected chi connectivity index (χ1v) is 6.55. The lowest BCUT2D eigenvalue weighted by atomic mass is 9.82. The molecule has 1 fully saturated rings. The first kappa shape index (κ1) is 16.2. The van der Waals surface area contributed by atoms with Crippen LogP contribution in [0, 0.1) is 5.82 Å². The van der Waals surface area contributed by atoms with Crippen LogP contribution < -0.4 is 5.73 Å². The van der Waals surface area contributed by atoms with Crippen molar-refractivity contribution in [2.75, 3.05) is 20.3 Å². The fourth-order valence-corrected chi connectivity index (χ4v) is 2.62. The van der Waals surface area contributed by atoms with Crippen LogP contribution in [0.15, 0.2) is 18.2 Å². The Morgan fingerprint density at radius 2 is 1.90 bits per heavy atom. The topological polar surface area (TPSA) is 44.5 Å². The number of rotatable bonds is 3. The molecule has 0 saturated carbocycles. The molecule has 1 unspecified atom stereocenters. The molecule has 21 heavy (non-hydrogen) atoms. The van der Waals surface area contributed by atoms with Gasteiger partial charge in [-0.05, 0) is 17.7 Å². The number of alkyl halides is 3. The highest BCUT2D eigenvalue weighted by molar-refractivity contribution is 5.31. The fourth-order valence-electron chi connectivity index (χ4n) is 2.62. The number of methoxy groups -OCH3 is 1. The van der Waals surface area contributed by atoms with Crippen LogP contribution in [0.5, 0.6) is 0 Å². The van der Waals surface area contributed by atoms with Gasteiger partial charge in [0.05, 0.1) is 17.2 Å². The van der Waals surface area contributed by atoms with Crippen LogP contribution >= 0.6 is 0 Å². The van der Waals surface area contributed by atoms with Gasteiger partial charge in [0.2, 0.25) is 0 Å². The molecule has 0 aromatic heterocycles. The molecule has 0 bridgehead atoms. The van der Waals surface area contributed by atoms with E-state index in [2.05, 4.69) is 0 Å². The summed E-state index contributed by atoms with van der Waals surface area (Å²) in [6.07, 6.45) is -3.80. The summed E-state index contributed by atoms with van der Waals surface area (Å²) in [6.45, 7) is 0.851. The van der Waals surface area contributed by atoms with Crippen molar-refractivity contribution in [3.63, 3.8) is 0 Å². The van der Waals surface area contributed by atoms with Crippen molar-refractivity contribution < 1.29 is 27.0 Å². The van der Waals surface area contributed by atoms with E-state index in [-0.39, 0.29) is 5.56 Å². The molecule has 1 aromatic rings. The second-order valence-electron chi connectivity index (χ2n) is 5.10. The highest BCUT2D eigenvalue weighted by Gasteiger charge is 2.41. The number of hydrogen-bond donors (Lipinski definition) is 1. The molecule has 1 aromatic carbocycles. The quantitative estimate of drug-likeness (QED) is 0.873. The Bertz CT molecular complexity index is 498. The number of nitrogens with two attached hydrogens (primary N) is 1. The SMILES string of the molecule is COC1(C(N)c2ccc(F)c(C(F)(F)F)c2)CCOCC1. The minimum absolute atomic E-state index is 0.201. The zero-order valence-corrected chi connectivity index (χ0v) is 11.5. The molecular formula is C14H17F4NO2. The molecule has 1 saturated heterocycles. The molecular weight excluding hydrogens is 290 g/mol. The average molecular weight is 307 g/mol. The van der Waals surface area contributed by atoms with E-state index < -0.39 is 29.2 Å². The normalized spacial score (nSPS) is 20.3. The molecule has 1 aliphatic heterocycles. The van der Waals surface area contributed by atoms with Gasteiger partial charge in [-0.15, -0.1) is 0 Å². The van der Waals surface area contributed by atoms with Gasteiger partial charge in [0, 0.05) is 33.2 Å². The summed E-state index contributed by atoms with van der Waals surface area (Å²) in [5.74, 6) is -1.31. The molecule has 3 nitrogen and oxygen atoms in total. The van der Waals surface area contributed by atoms with E-state index in [1.54, 1.807) is 0 Å². The molecule has 0 radical (unpaired) electrons. The van der Waals surface area contributed by atoms with Crippen LogP contribution in [0.1, 0.15) is 30.0 Å². The van der Waals surface area contributed by atoms with E-state index in [1.807, 2.05) is 0 Å². The number of halogens is 4. The Labute approximate surface area is 120 Å². The van der Waals surface area contributed by atoms with E-state index in [9.17, 15) is 17.6 Å². The van der Waals surface area contributed by atoms with Crippen molar-refractivity contribution in [3.8, 4) is 0 Å². The van der Waals surface area contributed by atoms with E-state index in [4.69, 9.17) is 15.2 Å². The van der Waals surface area contributed by atoms with E-state index in [1.165, 1.54) is 13.2 Å². The third-order valence-electron chi connectivity index (χ3n) is 3.97. The summed E-state index contributed by atoms with van der Waals surface area (Å²) in [6, 6.07) is 2.04. The zero-order chi connectivity index (χ0) is 15.7. The summed E-state index contributed by atoms with van der Waals surface area (Å²) in [7, 11) is 1.47. The summed E-state index contributed by atoms with van der Waals surface area (Å²) < 4.78 is 62.4. The highest BCUT2D eigenvalue weighted by atomic mass is 19.4. The molecule has 0 aliphatic carbocycles. The molecule has 2 N–H and O–H groups in total. The van der Waals surface area contributed by atoms with Gasteiger partial charge < -0.3 is 15.2 Å². The van der Waals surface area contributed by atoms with Gasteiger partial charge in [-0.3, -0.25) is 0 Å². The molecule has 2 rings (SSSR count). The predicted molar refractivity (Wildman–Crippen MR) is 68.1 cm³/mol. The molecule has 7 heteroatoms. The second kappa shape index (κ2) is 5.90. The lowest BCUT2D eigenvalue weighted by Crippen LogP contribution is -2.47. The van der Waals surface area contributed by atoms with Gasteiger partial charge >= 0.3 is 6.18 Å². The average Bonchev–Trinajstić information content (AvgIpc) is 2.46. The number of benzene rings is 1. The molecule has 1 aliphatic rings. The summed E-state index contributed by atoms with van der Waals surface area (Å²) >= 11 is 0. The highest BCUT2D eigenvalue weighted by Crippen LogP contribution is 2.38. The third-order valence-corrected chi connectivity index (χ3v) is 3.97. The van der Waals surface area contributed by atoms with Crippen LogP contribution in [-0.4, -0.2) is 25.9 Å². The maximum Gasteiger partial charge on any atom is 0.419 e. The van der Waals surface area contributed by atoms with Crippen molar-refractivity contribution in [2.45, 2.75) is 30.7 Å². The third kappa shape index (κ3) is 3.20. The first-order chi connectivity index (χ1) is 9.80. The number of ether oxygens (including phenoxy) is 2. The van der Waals surface area contributed by atoms with Gasteiger partial charge in [0.15, 0.2) is 0 Å². The van der Waals surface area contributed by atoms with E-state index in [0.29, 0.717) is 26.1 Å². The summed E-state index contributed by atoms with van der Waals surface area (Å²) in [5, 5.41) is 0. The summed E-state index contributed by atoms with van der Waals surface area (Å²) in [5.41, 5.74) is 4.20. The van der Waals surface area contributed by atoms with Crippen molar-refractivity contribution in [1.82, 2.24) is 0 Å². The van der Waals surface area contributed by atoms with Crippen molar-refractivity contribution in [2.24, 2.45) is 5.73 Å².